The lowest BCUT2D eigenvalue weighted by Crippen LogP contribution is -2.24. The van der Waals surface area contributed by atoms with Crippen LogP contribution >= 0.6 is 0 Å². The van der Waals surface area contributed by atoms with Crippen LogP contribution in [0.25, 0.3) is 0 Å². The SMILES string of the molecule is Cc1ccc(C2=NS(=O)C=C(N(C)c3ccccc3)O2)cc1. The molecule has 0 saturated heterocycles. The molecule has 0 spiro atoms. The van der Waals surface area contributed by atoms with Crippen molar-refractivity contribution in [2.45, 2.75) is 6.92 Å². The number of anilines is 1. The minimum absolute atomic E-state index is 0.374. The summed E-state index contributed by atoms with van der Waals surface area (Å²) < 4.78 is 21.9. The maximum absolute atomic E-state index is 12.0. The van der Waals surface area contributed by atoms with Crippen molar-refractivity contribution >= 4 is 22.6 Å². The summed E-state index contributed by atoms with van der Waals surface area (Å²) in [6, 6.07) is 17.5. The first-order chi connectivity index (χ1) is 10.6. The highest BCUT2D eigenvalue weighted by Crippen LogP contribution is 2.22. The Balaban J connectivity index is 1.87. The Kier molecular flexibility index (Phi) is 4.06. The van der Waals surface area contributed by atoms with Gasteiger partial charge in [-0.15, -0.1) is 4.40 Å². The second-order valence-corrected chi connectivity index (χ2v) is 5.96. The second-order valence-electron chi connectivity index (χ2n) is 4.99. The van der Waals surface area contributed by atoms with E-state index >= 15 is 0 Å². The van der Waals surface area contributed by atoms with E-state index in [9.17, 15) is 4.21 Å². The molecular formula is C17H16N2O2S. The van der Waals surface area contributed by atoms with E-state index in [0.717, 1.165) is 16.8 Å². The largest absolute Gasteiger partial charge is 0.420 e. The molecular weight excluding hydrogens is 296 g/mol. The van der Waals surface area contributed by atoms with Crippen LogP contribution in [0, 0.1) is 6.92 Å². The quantitative estimate of drug-likeness (QED) is 0.872. The molecule has 0 radical (unpaired) electrons. The fourth-order valence-electron chi connectivity index (χ4n) is 2.07. The summed E-state index contributed by atoms with van der Waals surface area (Å²) in [6.45, 7) is 2.01. The zero-order valence-corrected chi connectivity index (χ0v) is 13.2. The van der Waals surface area contributed by atoms with Gasteiger partial charge in [0.2, 0.25) is 11.8 Å². The van der Waals surface area contributed by atoms with Crippen molar-refractivity contribution in [3.63, 3.8) is 0 Å². The molecule has 2 aromatic carbocycles. The number of hydrogen-bond donors (Lipinski definition) is 0. The number of rotatable bonds is 3. The minimum atomic E-state index is -1.44. The Morgan fingerprint density at radius 3 is 2.41 bits per heavy atom. The molecule has 1 unspecified atom stereocenters. The third kappa shape index (κ3) is 3.09. The lowest BCUT2D eigenvalue weighted by molar-refractivity contribution is 0.402. The van der Waals surface area contributed by atoms with Crippen LogP contribution in [-0.4, -0.2) is 17.2 Å². The maximum Gasteiger partial charge on any atom is 0.237 e. The Labute approximate surface area is 132 Å². The van der Waals surface area contributed by atoms with E-state index in [1.807, 2.05) is 73.5 Å². The van der Waals surface area contributed by atoms with Gasteiger partial charge in [-0.25, -0.2) is 4.21 Å². The number of hydrogen-bond acceptors (Lipinski definition) is 3. The van der Waals surface area contributed by atoms with Gasteiger partial charge in [0.15, 0.2) is 11.0 Å². The fourth-order valence-corrected chi connectivity index (χ4v) is 2.81. The highest BCUT2D eigenvalue weighted by atomic mass is 32.2. The van der Waals surface area contributed by atoms with E-state index in [1.54, 1.807) is 0 Å². The van der Waals surface area contributed by atoms with Crippen LogP contribution in [0.1, 0.15) is 11.1 Å². The first kappa shape index (κ1) is 14.5. The van der Waals surface area contributed by atoms with Crippen molar-refractivity contribution in [2.24, 2.45) is 4.40 Å². The van der Waals surface area contributed by atoms with Crippen molar-refractivity contribution < 1.29 is 8.95 Å². The molecule has 0 saturated carbocycles. The van der Waals surface area contributed by atoms with Crippen LogP contribution in [0.5, 0.6) is 0 Å². The molecule has 1 heterocycles. The number of benzene rings is 2. The van der Waals surface area contributed by atoms with Crippen LogP contribution in [0.3, 0.4) is 0 Å². The van der Waals surface area contributed by atoms with Crippen LogP contribution in [0.15, 0.2) is 70.3 Å². The summed E-state index contributed by atoms with van der Waals surface area (Å²) in [4.78, 5) is 1.85. The summed E-state index contributed by atoms with van der Waals surface area (Å²) in [5.41, 5.74) is 2.92. The Bertz CT molecular complexity index is 752. The maximum atomic E-state index is 12.0. The van der Waals surface area contributed by atoms with E-state index in [1.165, 1.54) is 5.41 Å². The molecule has 22 heavy (non-hydrogen) atoms. The molecule has 4 nitrogen and oxygen atoms in total. The summed E-state index contributed by atoms with van der Waals surface area (Å²) in [7, 11) is 0.430. The predicted molar refractivity (Wildman–Crippen MR) is 89.9 cm³/mol. The van der Waals surface area contributed by atoms with E-state index in [2.05, 4.69) is 4.40 Å². The normalized spacial score (nSPS) is 17.3. The van der Waals surface area contributed by atoms with Gasteiger partial charge in [0, 0.05) is 18.3 Å². The van der Waals surface area contributed by atoms with E-state index in [4.69, 9.17) is 4.74 Å². The first-order valence-electron chi connectivity index (χ1n) is 6.88. The van der Waals surface area contributed by atoms with Gasteiger partial charge < -0.3 is 9.64 Å². The van der Waals surface area contributed by atoms with Crippen LogP contribution in [0.2, 0.25) is 0 Å². The van der Waals surface area contributed by atoms with E-state index < -0.39 is 11.0 Å². The third-order valence-electron chi connectivity index (χ3n) is 3.35. The molecule has 0 aliphatic carbocycles. The van der Waals surface area contributed by atoms with Crippen molar-refractivity contribution in [3.05, 3.63) is 77.0 Å². The molecule has 0 bridgehead atoms. The number of para-hydroxylation sites is 1. The zero-order valence-electron chi connectivity index (χ0n) is 12.4. The summed E-state index contributed by atoms with van der Waals surface area (Å²) in [6.07, 6.45) is 0. The van der Waals surface area contributed by atoms with Crippen molar-refractivity contribution in [2.75, 3.05) is 11.9 Å². The Hall–Kier alpha value is -2.40. The summed E-state index contributed by atoms with van der Waals surface area (Å²) in [5.74, 6) is 0.883. The molecule has 1 aliphatic rings. The van der Waals surface area contributed by atoms with Gasteiger partial charge >= 0.3 is 0 Å². The molecule has 0 fully saturated rings. The van der Waals surface area contributed by atoms with Gasteiger partial charge in [0.1, 0.15) is 0 Å². The molecule has 5 heteroatoms. The molecule has 3 rings (SSSR count). The van der Waals surface area contributed by atoms with E-state index in [-0.39, 0.29) is 0 Å². The van der Waals surface area contributed by atoms with Crippen molar-refractivity contribution in [1.82, 2.24) is 0 Å². The van der Waals surface area contributed by atoms with Crippen LogP contribution < -0.4 is 4.90 Å². The molecule has 0 aromatic heterocycles. The van der Waals surface area contributed by atoms with Gasteiger partial charge in [-0.3, -0.25) is 0 Å². The van der Waals surface area contributed by atoms with Crippen molar-refractivity contribution in [1.29, 1.82) is 0 Å². The van der Waals surface area contributed by atoms with Crippen molar-refractivity contribution in [3.8, 4) is 0 Å². The van der Waals surface area contributed by atoms with Gasteiger partial charge in [-0.1, -0.05) is 35.9 Å². The number of aryl methyl sites for hydroxylation is 1. The third-order valence-corrected chi connectivity index (χ3v) is 4.10. The van der Waals surface area contributed by atoms with Gasteiger partial charge in [0.25, 0.3) is 0 Å². The fraction of sp³-hybridized carbons (Fsp3) is 0.118. The van der Waals surface area contributed by atoms with Gasteiger partial charge in [0.05, 0.1) is 5.41 Å². The second kappa shape index (κ2) is 6.15. The summed E-state index contributed by atoms with van der Waals surface area (Å²) >= 11 is 0. The zero-order chi connectivity index (χ0) is 15.5. The Morgan fingerprint density at radius 2 is 1.73 bits per heavy atom. The lowest BCUT2D eigenvalue weighted by atomic mass is 10.1. The van der Waals surface area contributed by atoms with Gasteiger partial charge in [-0.2, -0.15) is 0 Å². The first-order valence-corrected chi connectivity index (χ1v) is 8.05. The number of nitrogens with zero attached hydrogens (tertiary/aromatic N) is 2. The number of ether oxygens (including phenoxy) is 1. The Morgan fingerprint density at radius 1 is 1.05 bits per heavy atom. The highest BCUT2D eigenvalue weighted by molar-refractivity contribution is 7.86. The molecule has 0 N–H and O–H groups in total. The van der Waals surface area contributed by atoms with Crippen LogP contribution in [-0.2, 0) is 15.7 Å². The van der Waals surface area contributed by atoms with Crippen LogP contribution in [0.4, 0.5) is 5.69 Å². The van der Waals surface area contributed by atoms with E-state index in [0.29, 0.717) is 11.8 Å². The molecule has 112 valence electrons. The predicted octanol–water partition coefficient (Wildman–Crippen LogP) is 3.37. The summed E-state index contributed by atoms with van der Waals surface area (Å²) in [5, 5.41) is 1.50. The average Bonchev–Trinajstić information content (AvgIpc) is 2.55. The standard InChI is InChI=1S/C17H16N2O2S/c1-13-8-10-14(11-9-13)17-18-22(20)12-16(21-17)19(2)15-6-4-3-5-7-15/h3-12H,1-2H3. The molecule has 2 aromatic rings. The smallest absolute Gasteiger partial charge is 0.237 e. The molecule has 0 amide bonds. The minimum Gasteiger partial charge on any atom is -0.420 e. The molecule has 1 atom stereocenters. The molecule has 1 aliphatic heterocycles. The topological polar surface area (TPSA) is 41.9 Å². The van der Waals surface area contributed by atoms with Gasteiger partial charge in [-0.05, 0) is 31.2 Å². The monoisotopic (exact) mass is 312 g/mol. The lowest BCUT2D eigenvalue weighted by Gasteiger charge is -2.24. The highest BCUT2D eigenvalue weighted by Gasteiger charge is 2.20. The average molecular weight is 312 g/mol.